The number of nitrogens with zero attached hydrogens (tertiary/aromatic N) is 5. The lowest BCUT2D eigenvalue weighted by Crippen LogP contribution is -2.47. The topological polar surface area (TPSA) is 129 Å². The number of guanidine groups is 1. The molecule has 9 nitrogen and oxygen atoms in total. The number of rotatable bonds is 3. The number of aryl methyl sites for hydroxylation is 1. The zero-order valence-corrected chi connectivity index (χ0v) is 15.2. The van der Waals surface area contributed by atoms with Crippen molar-refractivity contribution in [1.82, 2.24) is 14.7 Å². The van der Waals surface area contributed by atoms with Gasteiger partial charge >= 0.3 is 0 Å². The molecule has 0 bridgehead atoms. The van der Waals surface area contributed by atoms with Crippen molar-refractivity contribution in [3.05, 3.63) is 47.3 Å². The Bertz CT molecular complexity index is 1000. The Morgan fingerprint density at radius 1 is 1.37 bits per heavy atom. The van der Waals surface area contributed by atoms with Gasteiger partial charge in [-0.3, -0.25) is 19.2 Å². The summed E-state index contributed by atoms with van der Waals surface area (Å²) in [6, 6.07) is 10.4. The fourth-order valence-corrected chi connectivity index (χ4v) is 2.94. The van der Waals surface area contributed by atoms with Crippen LogP contribution in [0.15, 0.2) is 35.3 Å². The van der Waals surface area contributed by atoms with Crippen molar-refractivity contribution in [3.63, 3.8) is 0 Å². The molecule has 0 fully saturated rings. The monoisotopic (exact) mass is 365 g/mol. The number of carbonyl (C=O) groups excluding carboxylic acids is 2. The molecule has 0 saturated heterocycles. The highest BCUT2D eigenvalue weighted by Crippen LogP contribution is 2.34. The molecule has 0 radical (unpaired) electrons. The first-order valence-electron chi connectivity index (χ1n) is 8.21. The van der Waals surface area contributed by atoms with Gasteiger partial charge in [-0.25, -0.2) is 4.99 Å². The fourth-order valence-electron chi connectivity index (χ4n) is 2.94. The fraction of sp³-hybridized carbons (Fsp3) is 0.278. The van der Waals surface area contributed by atoms with E-state index in [1.165, 1.54) is 15.6 Å². The second-order valence-electron chi connectivity index (χ2n) is 6.56. The Labute approximate surface area is 156 Å². The summed E-state index contributed by atoms with van der Waals surface area (Å²) < 4.78 is 1.35. The SMILES string of the molecule is CN1C(=O)CC(C)(c2cccc(NC(=O)c3cc(C#N)nn3C)c2)N=C1N. The van der Waals surface area contributed by atoms with Crippen LogP contribution in [-0.2, 0) is 17.4 Å². The van der Waals surface area contributed by atoms with Gasteiger partial charge in [-0.05, 0) is 24.6 Å². The first-order chi connectivity index (χ1) is 12.7. The maximum atomic E-state index is 12.5. The number of nitriles is 1. The lowest BCUT2D eigenvalue weighted by molar-refractivity contribution is -0.128. The highest BCUT2D eigenvalue weighted by molar-refractivity contribution is 6.03. The number of carbonyl (C=O) groups is 2. The third kappa shape index (κ3) is 3.37. The molecule has 3 N–H and O–H groups in total. The van der Waals surface area contributed by atoms with Gasteiger partial charge in [0.2, 0.25) is 5.91 Å². The molecular weight excluding hydrogens is 346 g/mol. The van der Waals surface area contributed by atoms with E-state index in [0.717, 1.165) is 5.56 Å². The average molecular weight is 365 g/mol. The normalized spacial score (nSPS) is 19.4. The molecule has 0 spiro atoms. The molecule has 1 aliphatic heterocycles. The number of nitrogens with one attached hydrogen (secondary N) is 1. The smallest absolute Gasteiger partial charge is 0.273 e. The number of nitrogens with two attached hydrogens (primary N) is 1. The zero-order valence-electron chi connectivity index (χ0n) is 15.2. The standard InChI is InChI=1S/C18H19N7O2/c1-18(9-15(26)24(2)17(20)22-18)11-5-4-6-12(7-11)21-16(27)14-8-13(10-19)23-25(14)3/h4-8H,9H2,1-3H3,(H2,20,22)(H,21,27). The third-order valence-corrected chi connectivity index (χ3v) is 4.54. The van der Waals surface area contributed by atoms with Crippen molar-refractivity contribution in [2.24, 2.45) is 17.8 Å². The highest BCUT2D eigenvalue weighted by atomic mass is 16.2. The second-order valence-corrected chi connectivity index (χ2v) is 6.56. The van der Waals surface area contributed by atoms with Gasteiger partial charge in [0, 0.05) is 25.8 Å². The van der Waals surface area contributed by atoms with E-state index < -0.39 is 11.4 Å². The molecule has 1 unspecified atom stereocenters. The minimum Gasteiger partial charge on any atom is -0.369 e. The van der Waals surface area contributed by atoms with Crippen molar-refractivity contribution in [3.8, 4) is 6.07 Å². The minimum atomic E-state index is -0.811. The van der Waals surface area contributed by atoms with Crippen molar-refractivity contribution in [2.45, 2.75) is 18.9 Å². The lowest BCUT2D eigenvalue weighted by atomic mass is 9.87. The number of benzene rings is 1. The summed E-state index contributed by atoms with van der Waals surface area (Å²) in [6.45, 7) is 1.83. The van der Waals surface area contributed by atoms with Gasteiger partial charge in [-0.1, -0.05) is 12.1 Å². The molecule has 1 atom stereocenters. The maximum Gasteiger partial charge on any atom is 0.273 e. The summed E-state index contributed by atoms with van der Waals surface area (Å²) in [6.07, 6.45) is 0.175. The molecule has 2 heterocycles. The summed E-state index contributed by atoms with van der Waals surface area (Å²) >= 11 is 0. The van der Waals surface area contributed by atoms with Crippen LogP contribution in [0.3, 0.4) is 0 Å². The second kappa shape index (κ2) is 6.57. The molecule has 2 amide bonds. The van der Waals surface area contributed by atoms with E-state index in [0.29, 0.717) is 5.69 Å². The van der Waals surface area contributed by atoms with Crippen LogP contribution >= 0.6 is 0 Å². The van der Waals surface area contributed by atoms with E-state index in [1.807, 2.05) is 19.1 Å². The number of anilines is 1. The van der Waals surface area contributed by atoms with E-state index >= 15 is 0 Å². The first-order valence-corrected chi connectivity index (χ1v) is 8.21. The number of hydrogen-bond donors (Lipinski definition) is 2. The summed E-state index contributed by atoms with van der Waals surface area (Å²) in [5.74, 6) is -0.364. The molecule has 1 aromatic heterocycles. The van der Waals surface area contributed by atoms with E-state index in [4.69, 9.17) is 11.0 Å². The molecule has 1 aromatic carbocycles. The van der Waals surface area contributed by atoms with Gasteiger partial charge in [0.05, 0.1) is 12.0 Å². The van der Waals surface area contributed by atoms with Gasteiger partial charge in [-0.2, -0.15) is 10.4 Å². The molecule has 9 heteroatoms. The van der Waals surface area contributed by atoms with Gasteiger partial charge < -0.3 is 11.1 Å². The lowest BCUT2D eigenvalue weighted by Gasteiger charge is -2.33. The van der Waals surface area contributed by atoms with E-state index in [-0.39, 0.29) is 29.7 Å². The maximum absolute atomic E-state index is 12.5. The quantitative estimate of drug-likeness (QED) is 0.836. The van der Waals surface area contributed by atoms with Crippen LogP contribution in [0.5, 0.6) is 0 Å². The van der Waals surface area contributed by atoms with Gasteiger partial charge in [0.15, 0.2) is 11.7 Å². The number of aliphatic imine (C=N–C) groups is 1. The number of hydrogen-bond acceptors (Lipinski definition) is 6. The molecule has 0 saturated carbocycles. The minimum absolute atomic E-state index is 0.127. The molecule has 2 aromatic rings. The van der Waals surface area contributed by atoms with E-state index in [9.17, 15) is 9.59 Å². The highest BCUT2D eigenvalue weighted by Gasteiger charge is 2.36. The predicted molar refractivity (Wildman–Crippen MR) is 98.7 cm³/mol. The van der Waals surface area contributed by atoms with Gasteiger partial charge in [-0.15, -0.1) is 0 Å². The van der Waals surface area contributed by atoms with Gasteiger partial charge in [0.1, 0.15) is 11.8 Å². The van der Waals surface area contributed by atoms with Crippen LogP contribution in [0.2, 0.25) is 0 Å². The Kier molecular flexibility index (Phi) is 4.41. The van der Waals surface area contributed by atoms with Crippen LogP contribution < -0.4 is 11.1 Å². The van der Waals surface area contributed by atoms with Crippen molar-refractivity contribution < 1.29 is 9.59 Å². The molecule has 1 aliphatic rings. The van der Waals surface area contributed by atoms with Crippen molar-refractivity contribution in [1.29, 1.82) is 5.26 Å². The molecule has 3 rings (SSSR count). The van der Waals surface area contributed by atoms with Gasteiger partial charge in [0.25, 0.3) is 5.91 Å². The molecule has 27 heavy (non-hydrogen) atoms. The van der Waals surface area contributed by atoms with Crippen molar-refractivity contribution in [2.75, 3.05) is 12.4 Å². The Morgan fingerprint density at radius 3 is 2.74 bits per heavy atom. The zero-order chi connectivity index (χ0) is 19.8. The Hall–Kier alpha value is -3.67. The summed E-state index contributed by atoms with van der Waals surface area (Å²) in [7, 11) is 3.18. The van der Waals surface area contributed by atoms with E-state index in [2.05, 4.69) is 15.4 Å². The third-order valence-electron chi connectivity index (χ3n) is 4.54. The molecular formula is C18H19N7O2. The molecule has 0 aliphatic carbocycles. The van der Waals surface area contributed by atoms with Crippen LogP contribution in [0.4, 0.5) is 5.69 Å². The van der Waals surface area contributed by atoms with Crippen LogP contribution in [-0.4, -0.2) is 39.5 Å². The van der Waals surface area contributed by atoms with Crippen LogP contribution in [0, 0.1) is 11.3 Å². The largest absolute Gasteiger partial charge is 0.369 e. The Balaban J connectivity index is 1.88. The van der Waals surface area contributed by atoms with Crippen LogP contribution in [0.1, 0.15) is 35.1 Å². The average Bonchev–Trinajstić information content (AvgIpc) is 3.01. The summed E-state index contributed by atoms with van der Waals surface area (Å²) in [4.78, 5) is 30.4. The van der Waals surface area contributed by atoms with E-state index in [1.54, 1.807) is 32.3 Å². The predicted octanol–water partition coefficient (Wildman–Crippen LogP) is 0.936. The first kappa shape index (κ1) is 18.1. The summed E-state index contributed by atoms with van der Waals surface area (Å²) in [5, 5.41) is 15.6. The Morgan fingerprint density at radius 2 is 2.11 bits per heavy atom. The van der Waals surface area contributed by atoms with Crippen LogP contribution in [0.25, 0.3) is 0 Å². The number of aromatic nitrogens is 2. The summed E-state index contributed by atoms with van der Waals surface area (Å²) in [5.41, 5.74) is 6.77. The molecule has 138 valence electrons. The van der Waals surface area contributed by atoms with Crippen molar-refractivity contribution >= 4 is 23.5 Å². The number of amides is 2.